The summed E-state index contributed by atoms with van der Waals surface area (Å²) in [5.74, 6) is -3.71. The van der Waals surface area contributed by atoms with Crippen molar-refractivity contribution in [2.75, 3.05) is 0 Å². The first-order valence-electron chi connectivity index (χ1n) is 11.9. The number of carboxylic acid groups (broad SMARTS) is 1. The van der Waals surface area contributed by atoms with Crippen LogP contribution in [0, 0.1) is 11.8 Å². The highest BCUT2D eigenvalue weighted by molar-refractivity contribution is 5.94. The van der Waals surface area contributed by atoms with Gasteiger partial charge in [0, 0.05) is 24.7 Å². The molecule has 0 saturated carbocycles. The average molecular weight is 510 g/mol. The Morgan fingerprint density at radius 1 is 0.917 bits per heavy atom. The van der Waals surface area contributed by atoms with Crippen LogP contribution in [0.5, 0.6) is 0 Å². The van der Waals surface area contributed by atoms with Crippen LogP contribution in [0.25, 0.3) is 0 Å². The molecule has 0 aliphatic carbocycles. The molecular weight excluding hydrogens is 470 g/mol. The van der Waals surface area contributed by atoms with Gasteiger partial charge in [0.1, 0.15) is 18.1 Å². The molecule has 0 fully saturated rings. The number of hydrogen-bond acceptors (Lipinski definition) is 7. The minimum absolute atomic E-state index is 0.00482. The largest absolute Gasteiger partial charge is 0.480 e. The van der Waals surface area contributed by atoms with Gasteiger partial charge in [0.05, 0.1) is 12.4 Å². The summed E-state index contributed by atoms with van der Waals surface area (Å²) in [7, 11) is 0. The van der Waals surface area contributed by atoms with Gasteiger partial charge in [-0.25, -0.2) is 9.78 Å². The van der Waals surface area contributed by atoms with Crippen LogP contribution in [0.1, 0.15) is 59.1 Å². The van der Waals surface area contributed by atoms with E-state index >= 15 is 0 Å². The average Bonchev–Trinajstić information content (AvgIpc) is 3.28. The number of H-pyrrole nitrogens is 1. The highest BCUT2D eigenvalue weighted by atomic mass is 16.4. The maximum absolute atomic E-state index is 13.2. The van der Waals surface area contributed by atoms with Crippen LogP contribution in [0.4, 0.5) is 0 Å². The number of hydrogen-bond donors (Lipinski definition) is 7. The van der Waals surface area contributed by atoms with Crippen LogP contribution < -0.4 is 27.4 Å². The molecule has 4 amide bonds. The van der Waals surface area contributed by atoms with Gasteiger partial charge in [-0.3, -0.25) is 19.2 Å². The Balaban J connectivity index is 3.04. The molecule has 1 aromatic heterocycles. The van der Waals surface area contributed by atoms with Crippen molar-refractivity contribution in [2.45, 2.75) is 84.0 Å². The van der Waals surface area contributed by atoms with Crippen molar-refractivity contribution in [3.63, 3.8) is 0 Å². The Morgan fingerprint density at radius 2 is 1.44 bits per heavy atom. The summed E-state index contributed by atoms with van der Waals surface area (Å²) in [5, 5.41) is 17.2. The third-order valence-electron chi connectivity index (χ3n) is 5.31. The molecule has 0 aliphatic heterocycles. The van der Waals surface area contributed by atoms with E-state index in [0.717, 1.165) is 0 Å². The van der Waals surface area contributed by atoms with E-state index in [1.807, 2.05) is 27.7 Å². The zero-order valence-electron chi connectivity index (χ0n) is 21.2. The molecule has 0 saturated heterocycles. The molecular formula is C23H39N7O6. The molecule has 0 spiro atoms. The van der Waals surface area contributed by atoms with Crippen molar-refractivity contribution in [1.82, 2.24) is 25.9 Å². The topological polar surface area (TPSA) is 222 Å². The van der Waals surface area contributed by atoms with Gasteiger partial charge in [0.2, 0.25) is 23.6 Å². The smallest absolute Gasteiger partial charge is 0.326 e. The second-order valence-electron chi connectivity index (χ2n) is 9.67. The summed E-state index contributed by atoms with van der Waals surface area (Å²) in [5.41, 5.74) is 11.5. The summed E-state index contributed by atoms with van der Waals surface area (Å²) in [6.07, 6.45) is 3.33. The fraction of sp³-hybridized carbons (Fsp3) is 0.652. The molecule has 1 aromatic rings. The lowest BCUT2D eigenvalue weighted by Gasteiger charge is -2.26. The second-order valence-corrected chi connectivity index (χ2v) is 9.67. The van der Waals surface area contributed by atoms with E-state index in [0.29, 0.717) is 5.69 Å². The normalized spacial score (nSPS) is 14.5. The fourth-order valence-electron chi connectivity index (χ4n) is 3.47. The Morgan fingerprint density at radius 3 is 1.94 bits per heavy atom. The quantitative estimate of drug-likeness (QED) is 0.149. The van der Waals surface area contributed by atoms with Crippen molar-refractivity contribution in [1.29, 1.82) is 0 Å². The summed E-state index contributed by atoms with van der Waals surface area (Å²) in [6.45, 7) is 7.38. The summed E-state index contributed by atoms with van der Waals surface area (Å²) in [4.78, 5) is 68.1. The van der Waals surface area contributed by atoms with E-state index in [1.165, 1.54) is 12.5 Å². The molecule has 13 heteroatoms. The number of nitrogens with zero attached hydrogens (tertiary/aromatic N) is 1. The number of aromatic amines is 1. The van der Waals surface area contributed by atoms with E-state index < -0.39 is 53.8 Å². The van der Waals surface area contributed by atoms with Crippen LogP contribution in [0.2, 0.25) is 0 Å². The second kappa shape index (κ2) is 14.8. The minimum atomic E-state index is -1.18. The molecule has 1 heterocycles. The van der Waals surface area contributed by atoms with Crippen LogP contribution in [-0.2, 0) is 30.4 Å². The van der Waals surface area contributed by atoms with E-state index in [4.69, 9.17) is 11.5 Å². The van der Waals surface area contributed by atoms with Gasteiger partial charge in [-0.2, -0.15) is 0 Å². The van der Waals surface area contributed by atoms with Gasteiger partial charge >= 0.3 is 5.97 Å². The predicted molar refractivity (Wildman–Crippen MR) is 131 cm³/mol. The van der Waals surface area contributed by atoms with Crippen molar-refractivity contribution in [3.05, 3.63) is 18.2 Å². The monoisotopic (exact) mass is 509 g/mol. The summed E-state index contributed by atoms with van der Waals surface area (Å²) >= 11 is 0. The van der Waals surface area contributed by atoms with E-state index in [2.05, 4.69) is 25.9 Å². The fourth-order valence-corrected chi connectivity index (χ4v) is 3.47. The lowest BCUT2D eigenvalue weighted by Crippen LogP contribution is -2.58. The van der Waals surface area contributed by atoms with Crippen LogP contribution in [0.3, 0.4) is 0 Å². The molecule has 0 aromatic carbocycles. The number of carbonyl (C=O) groups excluding carboxylic acids is 4. The van der Waals surface area contributed by atoms with Crippen LogP contribution in [-0.4, -0.2) is 68.8 Å². The van der Waals surface area contributed by atoms with Crippen molar-refractivity contribution in [2.24, 2.45) is 23.3 Å². The van der Waals surface area contributed by atoms with Gasteiger partial charge < -0.3 is 37.5 Å². The number of carbonyl (C=O) groups is 5. The van der Waals surface area contributed by atoms with Crippen molar-refractivity contribution in [3.8, 4) is 0 Å². The Bertz CT molecular complexity index is 888. The van der Waals surface area contributed by atoms with Crippen LogP contribution >= 0.6 is 0 Å². The molecule has 4 atom stereocenters. The molecule has 0 aliphatic rings. The molecule has 36 heavy (non-hydrogen) atoms. The molecule has 0 radical (unpaired) electrons. The van der Waals surface area contributed by atoms with E-state index in [9.17, 15) is 29.1 Å². The molecule has 0 bridgehead atoms. The first-order chi connectivity index (χ1) is 16.8. The Kier molecular flexibility index (Phi) is 12.6. The lowest BCUT2D eigenvalue weighted by atomic mass is 10.0. The number of nitrogens with one attached hydrogen (secondary N) is 4. The number of imidazole rings is 1. The molecule has 4 unspecified atom stereocenters. The third-order valence-corrected chi connectivity index (χ3v) is 5.31. The number of aliphatic carboxylic acids is 1. The Labute approximate surface area is 210 Å². The number of amides is 4. The van der Waals surface area contributed by atoms with Crippen LogP contribution in [0.15, 0.2) is 12.5 Å². The van der Waals surface area contributed by atoms with Crippen molar-refractivity contribution >= 4 is 29.6 Å². The third kappa shape index (κ3) is 11.3. The van der Waals surface area contributed by atoms with Gasteiger partial charge in [0.25, 0.3) is 0 Å². The maximum Gasteiger partial charge on any atom is 0.326 e. The van der Waals surface area contributed by atoms with E-state index in [1.54, 1.807) is 0 Å². The van der Waals surface area contributed by atoms with Gasteiger partial charge in [-0.1, -0.05) is 27.7 Å². The molecule has 1 rings (SSSR count). The summed E-state index contributed by atoms with van der Waals surface area (Å²) in [6, 6.07) is -4.33. The van der Waals surface area contributed by atoms with Gasteiger partial charge in [-0.15, -0.1) is 0 Å². The Hall–Kier alpha value is -3.48. The highest BCUT2D eigenvalue weighted by Gasteiger charge is 2.31. The lowest BCUT2D eigenvalue weighted by molar-refractivity contribution is -0.142. The number of rotatable bonds is 16. The first kappa shape index (κ1) is 30.6. The molecule has 202 valence electrons. The van der Waals surface area contributed by atoms with Gasteiger partial charge in [0.15, 0.2) is 0 Å². The standard InChI is InChI=1S/C23H39N7O6/c1-12(2)7-16(28-20(32)15(24)5-6-19(25)31)21(33)29-17(9-14-10-26-11-27-14)22(34)30-18(23(35)36)8-13(3)4/h10-13,15-18H,5-9,24H2,1-4H3,(H2,25,31)(H,26,27)(H,28,32)(H,29,33)(H,30,34)(H,35,36). The molecule has 13 nitrogen and oxygen atoms in total. The first-order valence-corrected chi connectivity index (χ1v) is 11.9. The van der Waals surface area contributed by atoms with Gasteiger partial charge in [-0.05, 0) is 31.1 Å². The van der Waals surface area contributed by atoms with E-state index in [-0.39, 0.29) is 43.9 Å². The minimum Gasteiger partial charge on any atom is -0.480 e. The maximum atomic E-state index is 13.2. The predicted octanol–water partition coefficient (Wildman–Crippen LogP) is -0.824. The zero-order chi connectivity index (χ0) is 27.4. The number of nitrogens with two attached hydrogens (primary N) is 2. The number of aromatic nitrogens is 2. The number of carboxylic acids is 1. The zero-order valence-corrected chi connectivity index (χ0v) is 21.2. The SMILES string of the molecule is CC(C)CC(NC(=O)C(Cc1cnc[nH]1)NC(=O)C(CC(C)C)NC(=O)C(N)CCC(N)=O)C(=O)O. The molecule has 9 N–H and O–H groups in total. The summed E-state index contributed by atoms with van der Waals surface area (Å²) < 4.78 is 0. The highest BCUT2D eigenvalue weighted by Crippen LogP contribution is 2.09. The number of primary amides is 1. The van der Waals surface area contributed by atoms with Crippen molar-refractivity contribution < 1.29 is 29.1 Å².